The summed E-state index contributed by atoms with van der Waals surface area (Å²) in [7, 11) is 1.63. The number of aromatic amines is 1. The van der Waals surface area contributed by atoms with Crippen molar-refractivity contribution in [3.8, 4) is 16.2 Å². The van der Waals surface area contributed by atoms with Gasteiger partial charge in [-0.05, 0) is 62.2 Å². The molecule has 3 aromatic rings. The van der Waals surface area contributed by atoms with E-state index in [9.17, 15) is 9.59 Å². The van der Waals surface area contributed by atoms with E-state index in [2.05, 4.69) is 14.9 Å². The fourth-order valence-electron chi connectivity index (χ4n) is 3.84. The highest BCUT2D eigenvalue weighted by Crippen LogP contribution is 2.32. The molecule has 0 saturated carbocycles. The molecular weight excluding hydrogens is 402 g/mol. The van der Waals surface area contributed by atoms with Gasteiger partial charge in [0, 0.05) is 4.88 Å². The minimum absolute atomic E-state index is 0.149. The minimum atomic E-state index is -0.281. The molecule has 3 heterocycles. The molecule has 1 aliphatic rings. The number of benzene rings is 1. The molecule has 1 aromatic carbocycles. The van der Waals surface area contributed by atoms with Gasteiger partial charge in [-0.1, -0.05) is 6.42 Å². The average Bonchev–Trinajstić information content (AvgIpc) is 3.19. The number of H-pyrrole nitrogens is 1. The van der Waals surface area contributed by atoms with Crippen LogP contribution in [0.25, 0.3) is 20.7 Å². The lowest BCUT2D eigenvalue weighted by molar-refractivity contribution is -0.151. The van der Waals surface area contributed by atoms with Gasteiger partial charge in [0.2, 0.25) is 0 Å². The fraction of sp³-hybridized carbons (Fsp3) is 0.409. The van der Waals surface area contributed by atoms with Crippen LogP contribution < -0.4 is 10.3 Å². The number of methoxy groups -OCH3 is 1. The van der Waals surface area contributed by atoms with Crippen LogP contribution in [-0.2, 0) is 16.1 Å². The smallest absolute Gasteiger partial charge is 0.323 e. The van der Waals surface area contributed by atoms with Gasteiger partial charge in [-0.25, -0.2) is 4.98 Å². The Hall–Kier alpha value is -2.71. The van der Waals surface area contributed by atoms with E-state index in [-0.39, 0.29) is 17.6 Å². The predicted molar refractivity (Wildman–Crippen MR) is 117 cm³/mol. The third-order valence-electron chi connectivity index (χ3n) is 5.33. The van der Waals surface area contributed by atoms with Crippen LogP contribution in [0.2, 0.25) is 0 Å². The van der Waals surface area contributed by atoms with Crippen molar-refractivity contribution < 1.29 is 14.3 Å². The van der Waals surface area contributed by atoms with Crippen LogP contribution in [0.3, 0.4) is 0 Å². The first-order chi connectivity index (χ1) is 14.6. The van der Waals surface area contributed by atoms with Gasteiger partial charge in [-0.2, -0.15) is 0 Å². The fourth-order valence-corrected chi connectivity index (χ4v) is 4.84. The van der Waals surface area contributed by atoms with Gasteiger partial charge in [0.25, 0.3) is 5.56 Å². The van der Waals surface area contributed by atoms with Gasteiger partial charge in [0.1, 0.15) is 22.3 Å². The highest BCUT2D eigenvalue weighted by atomic mass is 32.1. The van der Waals surface area contributed by atoms with Crippen molar-refractivity contribution in [3.05, 3.63) is 46.5 Å². The van der Waals surface area contributed by atoms with Gasteiger partial charge in [-0.15, -0.1) is 11.3 Å². The zero-order valence-electron chi connectivity index (χ0n) is 17.1. The van der Waals surface area contributed by atoms with Crippen LogP contribution >= 0.6 is 11.3 Å². The van der Waals surface area contributed by atoms with Crippen molar-refractivity contribution in [2.24, 2.45) is 0 Å². The van der Waals surface area contributed by atoms with E-state index < -0.39 is 0 Å². The van der Waals surface area contributed by atoms with Crippen LogP contribution in [0.4, 0.5) is 0 Å². The van der Waals surface area contributed by atoms with Crippen LogP contribution in [0, 0.1) is 0 Å². The Morgan fingerprint density at radius 2 is 2.10 bits per heavy atom. The lowest BCUT2D eigenvalue weighted by Gasteiger charge is -2.33. The Bertz CT molecular complexity index is 1090. The number of carbonyl (C=O) groups excluding carboxylic acids is 1. The van der Waals surface area contributed by atoms with Gasteiger partial charge in [0.05, 0.1) is 25.8 Å². The van der Waals surface area contributed by atoms with Gasteiger partial charge < -0.3 is 14.5 Å². The minimum Gasteiger partial charge on any atom is -0.497 e. The molecule has 0 aliphatic carbocycles. The van der Waals surface area contributed by atoms with Crippen LogP contribution in [0.1, 0.15) is 32.0 Å². The summed E-state index contributed by atoms with van der Waals surface area (Å²) in [5, 5.41) is 0. The van der Waals surface area contributed by atoms with Crippen molar-refractivity contribution in [2.75, 3.05) is 20.3 Å². The Labute approximate surface area is 178 Å². The number of thiophene rings is 1. The van der Waals surface area contributed by atoms with Crippen LogP contribution in [0.15, 0.2) is 35.1 Å². The number of nitrogens with one attached hydrogen (secondary N) is 1. The van der Waals surface area contributed by atoms with E-state index in [1.54, 1.807) is 7.11 Å². The molecule has 0 bridgehead atoms. The zero-order valence-corrected chi connectivity index (χ0v) is 18.0. The maximum atomic E-state index is 12.7. The molecule has 2 aromatic heterocycles. The summed E-state index contributed by atoms with van der Waals surface area (Å²) < 4.78 is 11.0. The molecular formula is C22H25N3O4S. The highest BCUT2D eigenvalue weighted by molar-refractivity contribution is 7.22. The van der Waals surface area contributed by atoms with E-state index >= 15 is 0 Å². The van der Waals surface area contributed by atoms with Crippen molar-refractivity contribution in [2.45, 2.75) is 38.8 Å². The monoisotopic (exact) mass is 427 g/mol. The number of hydrogen-bond donors (Lipinski definition) is 1. The Morgan fingerprint density at radius 1 is 1.30 bits per heavy atom. The normalized spacial score (nSPS) is 17.2. The summed E-state index contributed by atoms with van der Waals surface area (Å²) >= 11 is 1.42. The molecule has 1 unspecified atom stereocenters. The molecule has 4 rings (SSSR count). The molecule has 158 valence electrons. The van der Waals surface area contributed by atoms with Gasteiger partial charge in [0.15, 0.2) is 0 Å². The molecule has 1 atom stereocenters. The van der Waals surface area contributed by atoms with Crippen LogP contribution in [0.5, 0.6) is 5.75 Å². The van der Waals surface area contributed by atoms with E-state index in [0.717, 1.165) is 42.0 Å². The summed E-state index contributed by atoms with van der Waals surface area (Å²) in [6, 6.07) is 9.40. The summed E-state index contributed by atoms with van der Waals surface area (Å²) in [5.41, 5.74) is 1.54. The Kier molecular flexibility index (Phi) is 6.15. The first-order valence-electron chi connectivity index (χ1n) is 10.2. The summed E-state index contributed by atoms with van der Waals surface area (Å²) in [4.78, 5) is 35.6. The lowest BCUT2D eigenvalue weighted by Crippen LogP contribution is -2.45. The first-order valence-corrected chi connectivity index (χ1v) is 11.0. The maximum Gasteiger partial charge on any atom is 0.323 e. The van der Waals surface area contributed by atoms with Crippen molar-refractivity contribution >= 4 is 27.5 Å². The number of esters is 1. The second-order valence-electron chi connectivity index (χ2n) is 7.30. The van der Waals surface area contributed by atoms with Crippen molar-refractivity contribution in [3.63, 3.8) is 0 Å². The summed E-state index contributed by atoms with van der Waals surface area (Å²) in [5.74, 6) is 1.16. The Morgan fingerprint density at radius 3 is 2.83 bits per heavy atom. The molecule has 0 amide bonds. The molecule has 1 saturated heterocycles. The number of fused-ring (bicyclic) bond motifs is 1. The summed E-state index contributed by atoms with van der Waals surface area (Å²) in [6.45, 7) is 3.39. The predicted octanol–water partition coefficient (Wildman–Crippen LogP) is 3.58. The average molecular weight is 428 g/mol. The molecule has 7 nitrogen and oxygen atoms in total. The number of nitrogens with zero attached hydrogens (tertiary/aromatic N) is 2. The van der Waals surface area contributed by atoms with Crippen molar-refractivity contribution in [1.29, 1.82) is 0 Å². The topological polar surface area (TPSA) is 84.5 Å². The number of rotatable bonds is 6. The van der Waals surface area contributed by atoms with Gasteiger partial charge >= 0.3 is 5.97 Å². The third kappa shape index (κ3) is 4.24. The van der Waals surface area contributed by atoms with Crippen molar-refractivity contribution in [1.82, 2.24) is 14.9 Å². The number of carbonyl (C=O) groups is 1. The van der Waals surface area contributed by atoms with Crippen LogP contribution in [-0.4, -0.2) is 47.1 Å². The highest BCUT2D eigenvalue weighted by Gasteiger charge is 2.30. The number of aromatic nitrogens is 2. The number of piperidine rings is 1. The Balaban J connectivity index is 1.60. The lowest BCUT2D eigenvalue weighted by atomic mass is 10.0. The number of ether oxygens (including phenoxy) is 2. The SMILES string of the molecule is CCOC(=O)C1CCCCN1Cc1nc2cc(-c3ccc(OC)cc3)sc2c(=O)[nH]1. The third-order valence-corrected chi connectivity index (χ3v) is 6.50. The molecule has 30 heavy (non-hydrogen) atoms. The van der Waals surface area contributed by atoms with E-state index in [1.807, 2.05) is 37.3 Å². The largest absolute Gasteiger partial charge is 0.497 e. The maximum absolute atomic E-state index is 12.7. The molecule has 1 aliphatic heterocycles. The van der Waals surface area contributed by atoms with Gasteiger partial charge in [-0.3, -0.25) is 14.5 Å². The quantitative estimate of drug-likeness (QED) is 0.606. The molecule has 8 heteroatoms. The molecule has 0 spiro atoms. The van der Waals surface area contributed by atoms with E-state index in [1.165, 1.54) is 11.3 Å². The second kappa shape index (κ2) is 8.97. The molecule has 0 radical (unpaired) electrons. The van der Waals surface area contributed by atoms with E-state index in [0.29, 0.717) is 29.2 Å². The summed E-state index contributed by atoms with van der Waals surface area (Å²) in [6.07, 6.45) is 2.78. The molecule has 1 fully saturated rings. The molecule has 1 N–H and O–H groups in total. The second-order valence-corrected chi connectivity index (χ2v) is 8.35. The standard InChI is InChI=1S/C22H25N3O4S/c1-3-29-22(27)17-6-4-5-11-25(17)13-19-23-16-12-18(30-20(16)21(26)24-19)14-7-9-15(28-2)10-8-14/h7-10,12,17H,3-6,11,13H2,1-2H3,(H,23,24,26). The number of likely N-dealkylation sites (tertiary alicyclic amines) is 1. The van der Waals surface area contributed by atoms with E-state index in [4.69, 9.17) is 9.47 Å². The number of hydrogen-bond acceptors (Lipinski definition) is 7. The first kappa shape index (κ1) is 20.6. The zero-order chi connectivity index (χ0) is 21.1.